The quantitative estimate of drug-likeness (QED) is 0.0401. The molecule has 8 aromatic heterocycles. The van der Waals surface area contributed by atoms with Crippen molar-refractivity contribution in [1.82, 2.24) is 79.7 Å². The van der Waals surface area contributed by atoms with Crippen LogP contribution < -0.4 is 32.4 Å². The lowest BCUT2D eigenvalue weighted by molar-refractivity contribution is 0.205. The maximum atomic E-state index is 5.80. The Labute approximate surface area is 426 Å². The third-order valence-corrected chi connectivity index (χ3v) is 13.2. The Morgan fingerprint density at radius 3 is 1.40 bits per heavy atom. The van der Waals surface area contributed by atoms with Crippen molar-refractivity contribution in [2.45, 2.75) is 60.9 Å². The average Bonchev–Trinajstić information content (AvgIpc) is 4.27. The molecule has 1 aliphatic carbocycles. The van der Waals surface area contributed by atoms with E-state index in [0.29, 0.717) is 59.0 Å². The Morgan fingerprint density at radius 2 is 0.877 bits per heavy atom. The second-order valence-corrected chi connectivity index (χ2v) is 18.4. The highest BCUT2D eigenvalue weighted by Gasteiger charge is 2.17. The molecule has 11 aromatic rings. The molecule has 12 N–H and O–H groups in total. The number of H-pyrrole nitrogens is 4. The Balaban J connectivity index is 0.000000120. The van der Waals surface area contributed by atoms with Crippen molar-refractivity contribution in [2.24, 2.45) is 5.92 Å². The molecule has 0 aliphatic heterocycles. The van der Waals surface area contributed by atoms with Crippen molar-refractivity contribution >= 4 is 92.0 Å². The van der Waals surface area contributed by atoms with Crippen molar-refractivity contribution in [2.75, 3.05) is 35.3 Å². The van der Waals surface area contributed by atoms with Crippen LogP contribution in [0.4, 0.5) is 23.8 Å². The number of nitrogens with two attached hydrogens (primary N) is 4. The van der Waals surface area contributed by atoms with Gasteiger partial charge in [-0.15, -0.1) is 11.8 Å². The van der Waals surface area contributed by atoms with Crippen LogP contribution in [0, 0.1) is 5.92 Å². The molecule has 0 saturated heterocycles. The lowest BCUT2D eigenvalue weighted by atomic mass is 9.90. The molecule has 8 heterocycles. The van der Waals surface area contributed by atoms with E-state index in [1.165, 1.54) is 49.6 Å². The largest absolute Gasteiger partial charge is 0.476 e. The number of fused-ring (bicyclic) bond motifs is 4. The number of aromatic nitrogens is 16. The Bertz CT molecular complexity index is 3340. The summed E-state index contributed by atoms with van der Waals surface area (Å²) in [7, 11) is 0. The van der Waals surface area contributed by atoms with Crippen LogP contribution in [0.15, 0.2) is 126 Å². The maximum Gasteiger partial charge on any atom is 0.245 e. The van der Waals surface area contributed by atoms with Crippen molar-refractivity contribution in [1.29, 1.82) is 0 Å². The second-order valence-electron chi connectivity index (χ2n) is 16.4. The molecule has 0 spiro atoms. The molecule has 73 heavy (non-hydrogen) atoms. The van der Waals surface area contributed by atoms with E-state index in [9.17, 15) is 0 Å². The number of nitrogens with one attached hydrogen (secondary N) is 4. The maximum absolute atomic E-state index is 5.80. The molecule has 0 radical (unpaired) electrons. The van der Waals surface area contributed by atoms with Gasteiger partial charge in [-0.3, -0.25) is 0 Å². The van der Waals surface area contributed by atoms with Crippen molar-refractivity contribution in [3.8, 4) is 11.8 Å². The van der Waals surface area contributed by atoms with E-state index >= 15 is 0 Å². The molecule has 0 bridgehead atoms. The van der Waals surface area contributed by atoms with Gasteiger partial charge in [-0.05, 0) is 41.9 Å². The number of ether oxygens (including phenoxy) is 2. The molecule has 12 rings (SSSR count). The van der Waals surface area contributed by atoms with Crippen LogP contribution in [-0.4, -0.2) is 92.1 Å². The summed E-state index contributed by atoms with van der Waals surface area (Å²) in [6.45, 7) is 1.12. The zero-order chi connectivity index (χ0) is 50.2. The lowest BCUT2D eigenvalue weighted by Gasteiger charge is -2.21. The number of nitrogen functional groups attached to an aromatic ring is 4. The van der Waals surface area contributed by atoms with E-state index in [1.807, 2.05) is 54.6 Å². The summed E-state index contributed by atoms with van der Waals surface area (Å²) < 4.78 is 11.4. The first-order valence-corrected chi connectivity index (χ1v) is 25.3. The molecule has 1 fully saturated rings. The highest BCUT2D eigenvalue weighted by molar-refractivity contribution is 7.99. The third-order valence-electron chi connectivity index (χ3n) is 11.2. The highest BCUT2D eigenvalue weighted by atomic mass is 32.2. The van der Waals surface area contributed by atoms with E-state index in [4.69, 9.17) is 32.4 Å². The van der Waals surface area contributed by atoms with E-state index in [2.05, 4.69) is 116 Å². The summed E-state index contributed by atoms with van der Waals surface area (Å²) in [4.78, 5) is 61.2. The number of anilines is 4. The number of aromatic amines is 4. The van der Waals surface area contributed by atoms with E-state index in [0.717, 1.165) is 50.1 Å². The molecule has 372 valence electrons. The van der Waals surface area contributed by atoms with Gasteiger partial charge >= 0.3 is 0 Å². The molecule has 0 amide bonds. The van der Waals surface area contributed by atoms with E-state index < -0.39 is 0 Å². The van der Waals surface area contributed by atoms with Crippen molar-refractivity contribution in [3.05, 3.63) is 133 Å². The molecule has 1 aliphatic rings. The van der Waals surface area contributed by atoms with Gasteiger partial charge in [0, 0.05) is 11.5 Å². The van der Waals surface area contributed by atoms with Gasteiger partial charge in [0.05, 0.1) is 31.9 Å². The van der Waals surface area contributed by atoms with Crippen molar-refractivity contribution in [3.63, 3.8) is 0 Å². The number of hydrogen-bond donors (Lipinski definition) is 8. The first-order chi connectivity index (χ1) is 35.8. The first-order valence-electron chi connectivity index (χ1n) is 23.3. The number of aryl methyl sites for hydroxylation is 1. The third kappa shape index (κ3) is 13.6. The van der Waals surface area contributed by atoms with Crippen LogP contribution in [0.5, 0.6) is 11.8 Å². The lowest BCUT2D eigenvalue weighted by Crippen LogP contribution is -2.16. The number of thioether (sulfide) groups is 2. The topological polar surface area (TPSA) is 340 Å². The number of hydrogen-bond acceptors (Lipinski definition) is 20. The molecule has 24 heteroatoms. The predicted octanol–water partition coefficient (Wildman–Crippen LogP) is 7.91. The molecular weight excluding hydrogens is 965 g/mol. The minimum atomic E-state index is 0.151. The zero-order valence-corrected chi connectivity index (χ0v) is 41.1. The molecule has 0 unspecified atom stereocenters. The fourth-order valence-electron chi connectivity index (χ4n) is 7.62. The van der Waals surface area contributed by atoms with Gasteiger partial charge in [0.2, 0.25) is 35.6 Å². The Hall–Kier alpha value is -8.64. The van der Waals surface area contributed by atoms with E-state index in [1.54, 1.807) is 42.5 Å². The highest BCUT2D eigenvalue weighted by Crippen LogP contribution is 2.29. The molecule has 0 atom stereocenters. The summed E-state index contributed by atoms with van der Waals surface area (Å²) in [5.41, 5.74) is 31.6. The summed E-state index contributed by atoms with van der Waals surface area (Å²) in [6.07, 6.45) is 13.8. The van der Waals surface area contributed by atoms with Crippen LogP contribution in [0.3, 0.4) is 0 Å². The number of benzene rings is 3. The van der Waals surface area contributed by atoms with Gasteiger partial charge < -0.3 is 52.3 Å². The van der Waals surface area contributed by atoms with Crippen LogP contribution in [0.1, 0.15) is 48.8 Å². The summed E-state index contributed by atoms with van der Waals surface area (Å²) in [6, 6.07) is 30.4. The fraction of sp³-hybridized carbons (Fsp3) is 0.224. The molecule has 3 aromatic carbocycles. The molecular formula is C49H52N20O2S2. The van der Waals surface area contributed by atoms with Gasteiger partial charge in [0.25, 0.3) is 0 Å². The van der Waals surface area contributed by atoms with Crippen LogP contribution >= 0.6 is 23.5 Å². The van der Waals surface area contributed by atoms with Gasteiger partial charge in [-0.1, -0.05) is 122 Å². The predicted molar refractivity (Wildman–Crippen MR) is 284 cm³/mol. The number of nitrogens with zero attached hydrogens (tertiary/aromatic N) is 12. The summed E-state index contributed by atoms with van der Waals surface area (Å²) in [5.74, 6) is 4.21. The van der Waals surface area contributed by atoms with Crippen LogP contribution in [-0.2, 0) is 18.8 Å². The smallest absolute Gasteiger partial charge is 0.245 e. The summed E-state index contributed by atoms with van der Waals surface area (Å²) >= 11 is 3.28. The van der Waals surface area contributed by atoms with Gasteiger partial charge in [0.15, 0.2) is 22.6 Å². The average molecular weight is 1020 g/mol. The van der Waals surface area contributed by atoms with Gasteiger partial charge in [0.1, 0.15) is 38.7 Å². The van der Waals surface area contributed by atoms with E-state index in [-0.39, 0.29) is 23.8 Å². The monoisotopic (exact) mass is 1020 g/mol. The summed E-state index contributed by atoms with van der Waals surface area (Å²) in [5, 5.41) is 1.69. The van der Waals surface area contributed by atoms with Crippen LogP contribution in [0.2, 0.25) is 0 Å². The number of imidazole rings is 4. The van der Waals surface area contributed by atoms with Gasteiger partial charge in [-0.25, -0.2) is 29.9 Å². The SMILES string of the molecule is Nc1nc(OCC2CCCCC2)c2[nH]cnc2n1.Nc1nc(OCc2ccccc2)c2[nH]cnc2n1.Nc1nc(SCCc2ccccc2)c2[nH]cnc2n1.Nc1nc(SCc2ccccc2)c2[nH]cnc2n1. The fourth-order valence-corrected chi connectivity index (χ4v) is 9.55. The number of rotatable bonds is 13. The zero-order valence-electron chi connectivity index (χ0n) is 39.4. The standard InChI is InChI=1S/C13H13N5S.C12H17N5O.C12H11N5O.C12H11N5S/c14-13-17-11-10(15-8-16-11)12(18-13)19-7-6-9-4-2-1-3-5-9;3*13-12-16-10-9(14-7-15-10)11(17-12)18-6-8-4-2-1-3-5-8/h1-5,8H,6-7H2,(H3,14,15,16,17,18);7-8H,1-6H2,(H3,13,14,15,16,17);2*1-5,7H,6H2,(H3,13,14,15,16,17). The Morgan fingerprint density at radius 1 is 0.452 bits per heavy atom. The van der Waals surface area contributed by atoms with Gasteiger partial charge in [-0.2, -0.15) is 29.9 Å². The Kier molecular flexibility index (Phi) is 16.5. The van der Waals surface area contributed by atoms with Crippen molar-refractivity contribution < 1.29 is 9.47 Å². The normalized spacial score (nSPS) is 12.4. The minimum Gasteiger partial charge on any atom is -0.476 e. The van der Waals surface area contributed by atoms with Crippen LogP contribution in [0.25, 0.3) is 44.7 Å². The first kappa shape index (κ1) is 49.3. The second kappa shape index (κ2) is 24.5. The molecule has 22 nitrogen and oxygen atoms in total. The molecule has 1 saturated carbocycles. The minimum absolute atomic E-state index is 0.151.